The van der Waals surface area contributed by atoms with Crippen molar-refractivity contribution < 1.29 is 9.59 Å². The lowest BCUT2D eigenvalue weighted by molar-refractivity contribution is 0.100. The lowest BCUT2D eigenvalue weighted by Gasteiger charge is -2.11. The van der Waals surface area contributed by atoms with Crippen molar-refractivity contribution in [2.24, 2.45) is 5.73 Å². The van der Waals surface area contributed by atoms with Crippen molar-refractivity contribution in [2.45, 2.75) is 39.0 Å². The molecule has 0 spiro atoms. The molecule has 0 unspecified atom stereocenters. The number of nitrogens with one attached hydrogen (secondary N) is 1. The fourth-order valence-corrected chi connectivity index (χ4v) is 6.85. The molecule has 0 atom stereocenters. The molecular weight excluding hydrogens is 436 g/mol. The van der Waals surface area contributed by atoms with E-state index in [2.05, 4.69) is 42.6 Å². The molecule has 2 aromatic heterocycles. The molecule has 1 aliphatic carbocycles. The molecule has 1 aliphatic rings. The number of benzene rings is 2. The van der Waals surface area contributed by atoms with Crippen LogP contribution >= 0.6 is 22.7 Å². The maximum atomic E-state index is 13.5. The van der Waals surface area contributed by atoms with Crippen LogP contribution in [0, 0.1) is 6.92 Å². The summed E-state index contributed by atoms with van der Waals surface area (Å²) in [5.41, 5.74) is 10.6. The summed E-state index contributed by atoms with van der Waals surface area (Å²) in [6.07, 6.45) is 4.63. The highest BCUT2D eigenvalue weighted by Crippen LogP contribution is 2.39. The Labute approximate surface area is 195 Å². The van der Waals surface area contributed by atoms with E-state index >= 15 is 0 Å². The summed E-state index contributed by atoms with van der Waals surface area (Å²) in [7, 11) is 0. The van der Waals surface area contributed by atoms with Gasteiger partial charge in [-0.15, -0.1) is 22.7 Å². The highest BCUT2D eigenvalue weighted by molar-refractivity contribution is 7.21. The number of anilines is 1. The lowest BCUT2D eigenvalue weighted by atomic mass is 9.95. The van der Waals surface area contributed by atoms with Crippen molar-refractivity contribution in [2.75, 3.05) is 5.32 Å². The minimum atomic E-state index is -0.462. The zero-order valence-corrected chi connectivity index (χ0v) is 19.5. The summed E-state index contributed by atoms with van der Waals surface area (Å²) in [6, 6.07) is 16.5. The summed E-state index contributed by atoms with van der Waals surface area (Å²) in [6.45, 7) is 2.07. The van der Waals surface area contributed by atoms with Crippen LogP contribution in [0.5, 0.6) is 0 Å². The second-order valence-electron chi connectivity index (χ2n) is 8.30. The van der Waals surface area contributed by atoms with Gasteiger partial charge in [-0.25, -0.2) is 0 Å². The Kier molecular flexibility index (Phi) is 5.57. The molecule has 2 amide bonds. The van der Waals surface area contributed by atoms with Crippen LogP contribution in [0.25, 0.3) is 10.1 Å². The number of fused-ring (bicyclic) bond motifs is 2. The number of hydrogen-bond acceptors (Lipinski definition) is 4. The molecule has 6 heteroatoms. The number of hydrogen-bond donors (Lipinski definition) is 2. The molecule has 162 valence electrons. The number of nitrogens with two attached hydrogens (primary N) is 1. The van der Waals surface area contributed by atoms with Crippen molar-refractivity contribution in [1.82, 2.24) is 0 Å². The third-order valence-electron chi connectivity index (χ3n) is 6.05. The Hall–Kier alpha value is -2.96. The molecule has 2 aromatic carbocycles. The summed E-state index contributed by atoms with van der Waals surface area (Å²) < 4.78 is 1.08. The molecule has 2 heterocycles. The van der Waals surface area contributed by atoms with E-state index in [9.17, 15) is 9.59 Å². The molecule has 0 radical (unpaired) electrons. The molecule has 3 N–H and O–H groups in total. The minimum absolute atomic E-state index is 0.172. The molecule has 4 aromatic rings. The van der Waals surface area contributed by atoms with Crippen molar-refractivity contribution >= 4 is 49.6 Å². The quantitative estimate of drug-likeness (QED) is 0.378. The number of aryl methyl sites for hydroxylation is 2. The van der Waals surface area contributed by atoms with Crippen molar-refractivity contribution in [3.05, 3.63) is 86.1 Å². The molecule has 0 bridgehead atoms. The van der Waals surface area contributed by atoms with E-state index in [0.717, 1.165) is 52.5 Å². The summed E-state index contributed by atoms with van der Waals surface area (Å²) >= 11 is 3.00. The van der Waals surface area contributed by atoms with Gasteiger partial charge in [0.15, 0.2) is 0 Å². The first kappa shape index (κ1) is 20.9. The zero-order valence-electron chi connectivity index (χ0n) is 17.9. The van der Waals surface area contributed by atoms with Crippen molar-refractivity contribution in [3.8, 4) is 0 Å². The smallest absolute Gasteiger partial charge is 0.266 e. The van der Waals surface area contributed by atoms with Gasteiger partial charge in [-0.05, 0) is 67.2 Å². The van der Waals surface area contributed by atoms with Crippen LogP contribution in [0.2, 0.25) is 0 Å². The van der Waals surface area contributed by atoms with E-state index in [-0.39, 0.29) is 5.91 Å². The topological polar surface area (TPSA) is 72.2 Å². The van der Waals surface area contributed by atoms with Gasteiger partial charge in [0.05, 0.1) is 10.4 Å². The molecule has 0 aliphatic heterocycles. The van der Waals surface area contributed by atoms with Crippen LogP contribution in [0.4, 0.5) is 5.00 Å². The molecule has 0 saturated carbocycles. The van der Waals surface area contributed by atoms with Gasteiger partial charge >= 0.3 is 0 Å². The van der Waals surface area contributed by atoms with Crippen LogP contribution in [0.3, 0.4) is 0 Å². The van der Waals surface area contributed by atoms with Crippen LogP contribution in [0.1, 0.15) is 60.0 Å². The van der Waals surface area contributed by atoms with Gasteiger partial charge in [0.1, 0.15) is 5.00 Å². The maximum Gasteiger partial charge on any atom is 0.266 e. The Morgan fingerprint density at radius 1 is 1.00 bits per heavy atom. The van der Waals surface area contributed by atoms with E-state index < -0.39 is 5.91 Å². The monoisotopic (exact) mass is 460 g/mol. The van der Waals surface area contributed by atoms with E-state index in [1.807, 2.05) is 18.2 Å². The Bertz CT molecular complexity index is 1330. The summed E-state index contributed by atoms with van der Waals surface area (Å²) in [4.78, 5) is 27.6. The molecular formula is C26H24N2O2S2. The van der Waals surface area contributed by atoms with Crippen molar-refractivity contribution in [1.29, 1.82) is 0 Å². The van der Waals surface area contributed by atoms with Gasteiger partial charge in [-0.3, -0.25) is 9.59 Å². The molecule has 0 fully saturated rings. The van der Waals surface area contributed by atoms with Gasteiger partial charge in [0, 0.05) is 9.58 Å². The Morgan fingerprint density at radius 2 is 1.75 bits per heavy atom. The second-order valence-corrected chi connectivity index (χ2v) is 10.5. The summed E-state index contributed by atoms with van der Waals surface area (Å²) in [5, 5.41) is 4.74. The standard InChI is InChI=1S/C26H24N2O2S2/c1-15-10-12-16(13-11-15)14-19-17-6-2-4-8-20(17)31-23(19)25(30)28-26-22(24(27)29)18-7-3-5-9-21(18)32-26/h2,4,6,8,10-13H,3,5,7,9,14H2,1H3,(H2,27,29)(H,28,30). The Morgan fingerprint density at radius 3 is 2.53 bits per heavy atom. The third-order valence-corrected chi connectivity index (χ3v) is 8.47. The first-order valence-corrected chi connectivity index (χ1v) is 12.5. The Balaban J connectivity index is 1.54. The van der Waals surface area contributed by atoms with Gasteiger partial charge in [0.2, 0.25) is 0 Å². The number of carbonyl (C=O) groups excluding carboxylic acids is 2. The van der Waals surface area contributed by atoms with Crippen LogP contribution in [-0.2, 0) is 19.3 Å². The predicted molar refractivity (Wildman–Crippen MR) is 133 cm³/mol. The number of thiophene rings is 2. The second kappa shape index (κ2) is 8.52. The average Bonchev–Trinajstić information content (AvgIpc) is 3.33. The zero-order chi connectivity index (χ0) is 22.2. The van der Waals surface area contributed by atoms with Gasteiger partial charge in [-0.1, -0.05) is 48.0 Å². The number of primary amides is 1. The molecule has 4 nitrogen and oxygen atoms in total. The van der Waals surface area contributed by atoms with Crippen LogP contribution in [0.15, 0.2) is 48.5 Å². The van der Waals surface area contributed by atoms with Crippen LogP contribution < -0.4 is 11.1 Å². The SMILES string of the molecule is Cc1ccc(Cc2c(C(=O)Nc3sc4c(c3C(N)=O)CCCC4)sc3ccccc23)cc1. The number of rotatable bonds is 5. The van der Waals surface area contributed by atoms with Gasteiger partial charge in [-0.2, -0.15) is 0 Å². The first-order chi connectivity index (χ1) is 15.5. The largest absolute Gasteiger partial charge is 0.365 e. The fraction of sp³-hybridized carbons (Fsp3) is 0.231. The number of amides is 2. The molecule has 32 heavy (non-hydrogen) atoms. The first-order valence-electron chi connectivity index (χ1n) is 10.8. The minimum Gasteiger partial charge on any atom is -0.365 e. The van der Waals surface area contributed by atoms with Crippen molar-refractivity contribution in [3.63, 3.8) is 0 Å². The average molecular weight is 461 g/mol. The molecule has 0 saturated heterocycles. The summed E-state index contributed by atoms with van der Waals surface area (Å²) in [5.74, 6) is -0.634. The van der Waals surface area contributed by atoms with E-state index in [0.29, 0.717) is 21.9 Å². The third kappa shape index (κ3) is 3.85. The predicted octanol–water partition coefficient (Wildman–Crippen LogP) is 6.09. The molecule has 5 rings (SSSR count). The van der Waals surface area contributed by atoms with E-state index in [1.165, 1.54) is 33.1 Å². The van der Waals surface area contributed by atoms with Gasteiger partial charge < -0.3 is 11.1 Å². The number of carbonyl (C=O) groups is 2. The highest BCUT2D eigenvalue weighted by Gasteiger charge is 2.26. The normalized spacial score (nSPS) is 13.2. The van der Waals surface area contributed by atoms with Crippen LogP contribution in [-0.4, -0.2) is 11.8 Å². The maximum absolute atomic E-state index is 13.5. The van der Waals surface area contributed by atoms with E-state index in [4.69, 9.17) is 5.73 Å². The van der Waals surface area contributed by atoms with Gasteiger partial charge in [0.25, 0.3) is 11.8 Å². The fourth-order valence-electron chi connectivity index (χ4n) is 4.44. The lowest BCUT2D eigenvalue weighted by Crippen LogP contribution is -2.18. The highest BCUT2D eigenvalue weighted by atomic mass is 32.1. The van der Waals surface area contributed by atoms with E-state index in [1.54, 1.807) is 0 Å².